The Bertz CT molecular complexity index is 341. The molecule has 0 aromatic heterocycles. The van der Waals surface area contributed by atoms with Crippen molar-refractivity contribution >= 4 is 22.7 Å². The largest absolute Gasteiger partial charge is 0.316 e. The number of aryl methyl sites for hydroxylation is 2. The minimum absolute atomic E-state index is 0.0399. The Morgan fingerprint density at radius 1 is 1.19 bits per heavy atom. The van der Waals surface area contributed by atoms with Gasteiger partial charge in [-0.15, -0.1) is 0 Å². The number of rotatable bonds is 4. The molecule has 0 bridgehead atoms. The highest BCUT2D eigenvalue weighted by Gasteiger charge is 2.09. The summed E-state index contributed by atoms with van der Waals surface area (Å²) >= 11 is 1.31. The second kappa shape index (κ2) is 6.59. The average molecular weight is 237 g/mol. The van der Waals surface area contributed by atoms with Crippen LogP contribution in [0, 0.1) is 0 Å². The van der Waals surface area contributed by atoms with Crippen molar-refractivity contribution in [3.8, 4) is 0 Å². The molecule has 1 rings (SSSR count). The van der Waals surface area contributed by atoms with Gasteiger partial charge in [0, 0.05) is 5.69 Å². The van der Waals surface area contributed by atoms with Crippen molar-refractivity contribution in [2.75, 3.05) is 11.1 Å². The highest BCUT2D eigenvalue weighted by Crippen LogP contribution is 2.23. The third-order valence-corrected chi connectivity index (χ3v) is 3.15. The Morgan fingerprint density at radius 3 is 2.19 bits per heavy atom. The third kappa shape index (κ3) is 3.27. The van der Waals surface area contributed by atoms with Gasteiger partial charge in [-0.1, -0.05) is 50.7 Å². The van der Waals surface area contributed by atoms with Gasteiger partial charge in [-0.25, -0.2) is 0 Å². The van der Waals surface area contributed by atoms with Crippen LogP contribution in [0.1, 0.15) is 31.9 Å². The number of para-hydroxylation sites is 1. The summed E-state index contributed by atoms with van der Waals surface area (Å²) in [5.41, 5.74) is 3.44. The monoisotopic (exact) mass is 237 g/mol. The molecule has 0 unspecified atom stereocenters. The van der Waals surface area contributed by atoms with E-state index < -0.39 is 0 Å². The molecule has 0 saturated heterocycles. The highest BCUT2D eigenvalue weighted by atomic mass is 32.2. The lowest BCUT2D eigenvalue weighted by molar-refractivity contribution is 0.269. The van der Waals surface area contributed by atoms with E-state index in [9.17, 15) is 4.79 Å². The maximum atomic E-state index is 11.6. The number of nitrogens with one attached hydrogen (secondary N) is 1. The zero-order valence-electron chi connectivity index (χ0n) is 10.2. The second-order valence-electron chi connectivity index (χ2n) is 3.50. The van der Waals surface area contributed by atoms with Crippen LogP contribution in [0.15, 0.2) is 18.2 Å². The van der Waals surface area contributed by atoms with Gasteiger partial charge in [0.15, 0.2) is 0 Å². The van der Waals surface area contributed by atoms with Crippen LogP contribution in [0.4, 0.5) is 10.5 Å². The number of amides is 1. The van der Waals surface area contributed by atoms with Crippen LogP contribution in [0.3, 0.4) is 0 Å². The van der Waals surface area contributed by atoms with E-state index in [-0.39, 0.29) is 5.24 Å². The zero-order valence-corrected chi connectivity index (χ0v) is 11.0. The molecule has 1 amide bonds. The summed E-state index contributed by atoms with van der Waals surface area (Å²) in [5, 5.41) is 3.05. The van der Waals surface area contributed by atoms with Crippen LogP contribution >= 0.6 is 11.8 Å². The van der Waals surface area contributed by atoms with Gasteiger partial charge in [-0.2, -0.15) is 0 Å². The molecule has 2 nitrogen and oxygen atoms in total. The lowest BCUT2D eigenvalue weighted by Crippen LogP contribution is -2.09. The van der Waals surface area contributed by atoms with Gasteiger partial charge in [0.05, 0.1) is 0 Å². The fourth-order valence-corrected chi connectivity index (χ4v) is 2.11. The molecule has 1 aromatic carbocycles. The molecule has 1 aromatic rings. The van der Waals surface area contributed by atoms with Crippen LogP contribution in [0.5, 0.6) is 0 Å². The summed E-state index contributed by atoms with van der Waals surface area (Å²) in [6, 6.07) is 6.21. The van der Waals surface area contributed by atoms with Crippen molar-refractivity contribution in [3.05, 3.63) is 29.3 Å². The predicted molar refractivity (Wildman–Crippen MR) is 72.3 cm³/mol. The number of hydrogen-bond acceptors (Lipinski definition) is 2. The summed E-state index contributed by atoms with van der Waals surface area (Å²) in [4.78, 5) is 11.6. The van der Waals surface area contributed by atoms with E-state index in [4.69, 9.17) is 0 Å². The Kier molecular flexibility index (Phi) is 5.39. The van der Waals surface area contributed by atoms with E-state index in [0.29, 0.717) is 0 Å². The summed E-state index contributed by atoms with van der Waals surface area (Å²) in [5.74, 6) is 0.807. The maximum absolute atomic E-state index is 11.6. The van der Waals surface area contributed by atoms with Crippen molar-refractivity contribution in [1.29, 1.82) is 0 Å². The van der Waals surface area contributed by atoms with Crippen LogP contribution in [-0.4, -0.2) is 11.0 Å². The van der Waals surface area contributed by atoms with E-state index in [1.807, 2.05) is 6.92 Å². The lowest BCUT2D eigenvalue weighted by atomic mass is 10.0. The summed E-state index contributed by atoms with van der Waals surface area (Å²) < 4.78 is 0. The quantitative estimate of drug-likeness (QED) is 0.854. The fourth-order valence-electron chi connectivity index (χ4n) is 1.67. The summed E-state index contributed by atoms with van der Waals surface area (Å²) in [7, 11) is 0. The van der Waals surface area contributed by atoms with Gasteiger partial charge < -0.3 is 5.32 Å². The minimum Gasteiger partial charge on any atom is -0.316 e. The smallest absolute Gasteiger partial charge is 0.283 e. The molecule has 16 heavy (non-hydrogen) atoms. The molecule has 0 aliphatic heterocycles. The Labute approximate surface area is 102 Å². The van der Waals surface area contributed by atoms with Crippen LogP contribution in [0.2, 0.25) is 0 Å². The molecule has 0 atom stereocenters. The number of carbonyl (C=O) groups excluding carboxylic acids is 1. The Hall–Kier alpha value is -0.960. The van der Waals surface area contributed by atoms with Gasteiger partial charge in [0.25, 0.3) is 5.24 Å². The van der Waals surface area contributed by atoms with Gasteiger partial charge in [0.1, 0.15) is 0 Å². The van der Waals surface area contributed by atoms with Crippen LogP contribution in [-0.2, 0) is 12.8 Å². The maximum Gasteiger partial charge on any atom is 0.283 e. The van der Waals surface area contributed by atoms with Crippen LogP contribution in [0.25, 0.3) is 0 Å². The van der Waals surface area contributed by atoms with E-state index in [0.717, 1.165) is 24.3 Å². The second-order valence-corrected chi connectivity index (χ2v) is 4.74. The Balaban J connectivity index is 2.95. The first-order valence-electron chi connectivity index (χ1n) is 5.77. The van der Waals surface area contributed by atoms with E-state index in [2.05, 4.69) is 37.4 Å². The SMILES string of the molecule is CCSC(=O)Nc1c(CC)cccc1CC. The molecule has 0 saturated carbocycles. The first-order chi connectivity index (χ1) is 7.72. The van der Waals surface area contributed by atoms with E-state index in [1.54, 1.807) is 0 Å². The molecule has 0 spiro atoms. The Morgan fingerprint density at radius 2 is 1.75 bits per heavy atom. The van der Waals surface area contributed by atoms with Crippen molar-refractivity contribution in [3.63, 3.8) is 0 Å². The first-order valence-corrected chi connectivity index (χ1v) is 6.75. The standard InChI is InChI=1S/C13H19NOS/c1-4-10-8-7-9-11(5-2)12(10)14-13(15)16-6-3/h7-9H,4-6H2,1-3H3,(H,14,15). The van der Waals surface area contributed by atoms with Crippen LogP contribution < -0.4 is 5.32 Å². The molecule has 0 fully saturated rings. The number of thioether (sulfide) groups is 1. The van der Waals surface area contributed by atoms with E-state index >= 15 is 0 Å². The molecular formula is C13H19NOS. The van der Waals surface area contributed by atoms with Crippen molar-refractivity contribution in [1.82, 2.24) is 0 Å². The normalized spacial score (nSPS) is 10.2. The number of anilines is 1. The number of benzene rings is 1. The number of hydrogen-bond donors (Lipinski definition) is 1. The van der Waals surface area contributed by atoms with Gasteiger partial charge in [-0.3, -0.25) is 4.79 Å². The zero-order chi connectivity index (χ0) is 12.0. The lowest BCUT2D eigenvalue weighted by Gasteiger charge is -2.13. The number of carbonyl (C=O) groups is 1. The molecule has 0 radical (unpaired) electrons. The van der Waals surface area contributed by atoms with Crippen molar-refractivity contribution < 1.29 is 4.79 Å². The van der Waals surface area contributed by atoms with Crippen molar-refractivity contribution in [2.45, 2.75) is 33.6 Å². The molecular weight excluding hydrogens is 218 g/mol. The molecule has 0 heterocycles. The molecule has 1 N–H and O–H groups in total. The minimum atomic E-state index is 0.0399. The predicted octanol–water partition coefficient (Wildman–Crippen LogP) is 4.10. The molecule has 0 aliphatic carbocycles. The molecule has 3 heteroatoms. The topological polar surface area (TPSA) is 29.1 Å². The molecule has 0 aliphatic rings. The fraction of sp³-hybridized carbons (Fsp3) is 0.462. The van der Waals surface area contributed by atoms with E-state index in [1.165, 1.54) is 22.9 Å². The summed E-state index contributed by atoms with van der Waals surface area (Å²) in [6.07, 6.45) is 1.89. The first kappa shape index (κ1) is 13.1. The van der Waals surface area contributed by atoms with Gasteiger partial charge >= 0.3 is 0 Å². The van der Waals surface area contributed by atoms with Crippen molar-refractivity contribution in [2.24, 2.45) is 0 Å². The summed E-state index contributed by atoms with van der Waals surface area (Å²) in [6.45, 7) is 6.20. The molecule has 88 valence electrons. The highest BCUT2D eigenvalue weighted by molar-refractivity contribution is 8.13. The average Bonchev–Trinajstić information content (AvgIpc) is 2.29. The third-order valence-electron chi connectivity index (χ3n) is 2.50. The van der Waals surface area contributed by atoms with Gasteiger partial charge in [-0.05, 0) is 29.7 Å². The van der Waals surface area contributed by atoms with Gasteiger partial charge in [0.2, 0.25) is 0 Å².